The first-order valence-electron chi connectivity index (χ1n) is 5.10. The molecule has 0 saturated carbocycles. The van der Waals surface area contributed by atoms with E-state index in [4.69, 9.17) is 9.47 Å². The Hall–Kier alpha value is 0.190. The molecule has 15 heavy (non-hydrogen) atoms. The van der Waals surface area contributed by atoms with Gasteiger partial charge in [-0.2, -0.15) is 11.8 Å². The molecule has 1 N–H and O–H groups in total. The Morgan fingerprint density at radius 3 is 2.27 bits per heavy atom. The molecule has 4 nitrogen and oxygen atoms in total. The third kappa shape index (κ3) is 2.65. The van der Waals surface area contributed by atoms with Crippen molar-refractivity contribution in [3.8, 4) is 0 Å². The largest absolute Gasteiger partial charge is 0.395 e. The van der Waals surface area contributed by atoms with E-state index in [1.165, 1.54) is 0 Å². The Labute approximate surface area is 95.9 Å². The van der Waals surface area contributed by atoms with E-state index in [2.05, 4.69) is 11.8 Å². The lowest BCUT2D eigenvalue weighted by Gasteiger charge is -2.51. The molecule has 1 heterocycles. The highest BCUT2D eigenvalue weighted by molar-refractivity contribution is 7.99. The first-order valence-corrected chi connectivity index (χ1v) is 6.39. The lowest BCUT2D eigenvalue weighted by Crippen LogP contribution is -2.67. The van der Waals surface area contributed by atoms with Crippen LogP contribution in [0.15, 0.2) is 0 Å². The Balaban J connectivity index is 2.43. The molecule has 0 aromatic heterocycles. The van der Waals surface area contributed by atoms with Gasteiger partial charge in [-0.1, -0.05) is 0 Å². The van der Waals surface area contributed by atoms with E-state index in [0.717, 1.165) is 13.1 Å². The third-order valence-electron chi connectivity index (χ3n) is 3.23. The van der Waals surface area contributed by atoms with Crippen LogP contribution in [-0.2, 0) is 9.47 Å². The van der Waals surface area contributed by atoms with Crippen molar-refractivity contribution in [2.45, 2.75) is 24.0 Å². The van der Waals surface area contributed by atoms with Gasteiger partial charge in [0.2, 0.25) is 0 Å². The van der Waals surface area contributed by atoms with E-state index in [1.54, 1.807) is 26.0 Å². The smallest absolute Gasteiger partial charge is 0.193 e. The van der Waals surface area contributed by atoms with Gasteiger partial charge < -0.3 is 14.6 Å². The number of hydrogen-bond donors (Lipinski definition) is 1. The van der Waals surface area contributed by atoms with E-state index in [9.17, 15) is 5.11 Å². The van der Waals surface area contributed by atoms with E-state index in [0.29, 0.717) is 6.04 Å². The zero-order valence-electron chi connectivity index (χ0n) is 9.90. The summed E-state index contributed by atoms with van der Waals surface area (Å²) in [6.45, 7) is 3.90. The number of aliphatic hydroxyl groups is 1. The van der Waals surface area contributed by atoms with E-state index in [1.807, 2.05) is 6.26 Å². The SMILES string of the molecule is COC1(OC)CN(C(C)C(CO)SC)C1. The Morgan fingerprint density at radius 2 is 1.93 bits per heavy atom. The van der Waals surface area contributed by atoms with Crippen LogP contribution in [-0.4, -0.2) is 67.3 Å². The second-order valence-electron chi connectivity index (χ2n) is 3.92. The number of methoxy groups -OCH3 is 2. The van der Waals surface area contributed by atoms with Crippen LogP contribution < -0.4 is 0 Å². The molecule has 0 amide bonds. The number of ether oxygens (including phenoxy) is 2. The summed E-state index contributed by atoms with van der Waals surface area (Å²) in [5.74, 6) is -0.424. The van der Waals surface area contributed by atoms with Gasteiger partial charge in [0.15, 0.2) is 5.79 Å². The molecule has 0 aromatic carbocycles. The lowest BCUT2D eigenvalue weighted by molar-refractivity contribution is -0.281. The normalized spacial score (nSPS) is 24.6. The molecule has 0 radical (unpaired) electrons. The summed E-state index contributed by atoms with van der Waals surface area (Å²) in [5, 5.41) is 9.46. The highest BCUT2D eigenvalue weighted by atomic mass is 32.2. The van der Waals surface area contributed by atoms with E-state index in [-0.39, 0.29) is 11.9 Å². The molecule has 0 spiro atoms. The number of aliphatic hydroxyl groups excluding tert-OH is 1. The Morgan fingerprint density at radius 1 is 1.40 bits per heavy atom. The van der Waals surface area contributed by atoms with Crippen LogP contribution >= 0.6 is 11.8 Å². The minimum Gasteiger partial charge on any atom is -0.395 e. The van der Waals surface area contributed by atoms with Crippen LogP contribution in [0.4, 0.5) is 0 Å². The molecule has 2 unspecified atom stereocenters. The molecule has 1 rings (SSSR count). The number of nitrogens with zero attached hydrogens (tertiary/aromatic N) is 1. The lowest BCUT2D eigenvalue weighted by atomic mass is 10.0. The third-order valence-corrected chi connectivity index (χ3v) is 4.38. The highest BCUT2D eigenvalue weighted by Crippen LogP contribution is 2.30. The molecule has 1 aliphatic rings. The summed E-state index contributed by atoms with van der Waals surface area (Å²) in [6.07, 6.45) is 2.02. The topological polar surface area (TPSA) is 41.9 Å². The van der Waals surface area contributed by atoms with Crippen molar-refractivity contribution in [1.29, 1.82) is 0 Å². The average molecular weight is 235 g/mol. The first kappa shape index (κ1) is 13.3. The summed E-state index contributed by atoms with van der Waals surface area (Å²) < 4.78 is 10.6. The molecule has 1 fully saturated rings. The fourth-order valence-electron chi connectivity index (χ4n) is 1.86. The molecular weight excluding hydrogens is 214 g/mol. The fraction of sp³-hybridized carbons (Fsp3) is 1.00. The van der Waals surface area contributed by atoms with Crippen molar-refractivity contribution in [2.24, 2.45) is 0 Å². The maximum Gasteiger partial charge on any atom is 0.193 e. The van der Waals surface area contributed by atoms with Crippen LogP contribution in [0.2, 0.25) is 0 Å². The van der Waals surface area contributed by atoms with Gasteiger partial charge in [-0.25, -0.2) is 0 Å². The molecule has 1 aliphatic heterocycles. The summed E-state index contributed by atoms with van der Waals surface area (Å²) in [5.41, 5.74) is 0. The van der Waals surface area contributed by atoms with Crippen molar-refractivity contribution < 1.29 is 14.6 Å². The highest BCUT2D eigenvalue weighted by Gasteiger charge is 2.46. The second kappa shape index (κ2) is 5.50. The van der Waals surface area contributed by atoms with E-state index >= 15 is 0 Å². The second-order valence-corrected chi connectivity index (χ2v) is 5.00. The Bertz CT molecular complexity index is 187. The van der Waals surface area contributed by atoms with Gasteiger partial charge in [0.05, 0.1) is 19.7 Å². The van der Waals surface area contributed by atoms with Crippen molar-refractivity contribution in [3.05, 3.63) is 0 Å². The van der Waals surface area contributed by atoms with E-state index < -0.39 is 5.79 Å². The van der Waals surface area contributed by atoms with Gasteiger partial charge in [0.1, 0.15) is 0 Å². The number of hydrogen-bond acceptors (Lipinski definition) is 5. The van der Waals surface area contributed by atoms with Crippen LogP contribution in [0.3, 0.4) is 0 Å². The number of likely N-dealkylation sites (tertiary alicyclic amines) is 1. The predicted octanol–water partition coefficient (Wildman–Crippen LogP) is 0.403. The average Bonchev–Trinajstić information content (AvgIpc) is 2.19. The molecule has 2 atom stereocenters. The summed E-state index contributed by atoms with van der Waals surface area (Å²) >= 11 is 1.70. The van der Waals surface area contributed by atoms with Gasteiger partial charge in [0, 0.05) is 25.5 Å². The monoisotopic (exact) mass is 235 g/mol. The minimum absolute atomic E-state index is 0.214. The number of thioether (sulfide) groups is 1. The van der Waals surface area contributed by atoms with Crippen molar-refractivity contribution in [3.63, 3.8) is 0 Å². The Kier molecular flexibility index (Phi) is 4.86. The summed E-state index contributed by atoms with van der Waals surface area (Å²) in [6, 6.07) is 0.350. The zero-order chi connectivity index (χ0) is 11.5. The van der Waals surface area contributed by atoms with Crippen LogP contribution in [0.5, 0.6) is 0 Å². The van der Waals surface area contributed by atoms with Gasteiger partial charge in [0.25, 0.3) is 0 Å². The molecule has 5 heteroatoms. The van der Waals surface area contributed by atoms with Crippen molar-refractivity contribution in [2.75, 3.05) is 40.2 Å². The maximum atomic E-state index is 9.20. The minimum atomic E-state index is -0.424. The fourth-order valence-corrected chi connectivity index (χ4v) is 2.58. The molecule has 1 saturated heterocycles. The molecule has 90 valence electrons. The van der Waals surface area contributed by atoms with Gasteiger partial charge in [-0.3, -0.25) is 4.90 Å². The van der Waals surface area contributed by atoms with Crippen LogP contribution in [0.1, 0.15) is 6.92 Å². The summed E-state index contributed by atoms with van der Waals surface area (Å²) in [7, 11) is 3.34. The predicted molar refractivity (Wildman–Crippen MR) is 62.2 cm³/mol. The van der Waals surface area contributed by atoms with Crippen LogP contribution in [0.25, 0.3) is 0 Å². The molecular formula is C10H21NO3S. The number of rotatable bonds is 6. The van der Waals surface area contributed by atoms with Gasteiger partial charge >= 0.3 is 0 Å². The quantitative estimate of drug-likeness (QED) is 0.675. The molecule has 0 bridgehead atoms. The van der Waals surface area contributed by atoms with Crippen LogP contribution in [0, 0.1) is 0 Å². The first-order chi connectivity index (χ1) is 7.12. The molecule has 0 aliphatic carbocycles. The van der Waals surface area contributed by atoms with Crippen molar-refractivity contribution >= 4 is 11.8 Å². The van der Waals surface area contributed by atoms with Gasteiger partial charge in [-0.05, 0) is 13.2 Å². The zero-order valence-corrected chi connectivity index (χ0v) is 10.7. The van der Waals surface area contributed by atoms with Gasteiger partial charge in [-0.15, -0.1) is 0 Å². The van der Waals surface area contributed by atoms with Crippen molar-refractivity contribution in [1.82, 2.24) is 4.90 Å². The summed E-state index contributed by atoms with van der Waals surface area (Å²) in [4.78, 5) is 2.27. The maximum absolute atomic E-state index is 9.20. The molecule has 0 aromatic rings. The standard InChI is InChI=1S/C10H21NO3S/c1-8(9(5-12)15-4)11-6-10(7-11,13-2)14-3/h8-9,12H,5-7H2,1-4H3.